The minimum atomic E-state index is -4.11. The van der Waals surface area contributed by atoms with Crippen LogP contribution in [-0.4, -0.2) is 44.3 Å². The molecule has 0 heterocycles. The minimum Gasteiger partial charge on any atom is -0.354 e. The Morgan fingerprint density at radius 1 is 0.923 bits per heavy atom. The number of sulfonamides is 1. The van der Waals surface area contributed by atoms with Crippen LogP contribution in [0.15, 0.2) is 77.7 Å². The molecule has 0 aromatic heterocycles. The number of amides is 2. The van der Waals surface area contributed by atoms with E-state index in [-0.39, 0.29) is 23.3 Å². The van der Waals surface area contributed by atoms with Crippen molar-refractivity contribution in [2.75, 3.05) is 17.4 Å². The first-order valence-corrected chi connectivity index (χ1v) is 14.7. The summed E-state index contributed by atoms with van der Waals surface area (Å²) in [5, 5.41) is 3.62. The smallest absolute Gasteiger partial charge is 0.264 e. The van der Waals surface area contributed by atoms with Gasteiger partial charge in [0.25, 0.3) is 10.0 Å². The molecule has 208 valence electrons. The number of benzene rings is 3. The third-order valence-electron chi connectivity index (χ3n) is 6.14. The van der Waals surface area contributed by atoms with Crippen molar-refractivity contribution in [3.05, 3.63) is 94.0 Å². The van der Waals surface area contributed by atoms with Gasteiger partial charge in [-0.05, 0) is 61.7 Å². The standard InChI is InChI=1S/C29H33Cl2N3O4S/c1-20(2)17-32-29(36)22(4)33(18-23-12-13-24(30)16-27(23)31)28(35)19-34(25-8-6-5-7-9-25)39(37,38)26-14-10-21(3)11-15-26/h5-16,20,22H,17-19H2,1-4H3,(H,32,36)/t22-/m0/s1. The number of nitrogens with zero attached hydrogens (tertiary/aromatic N) is 2. The molecule has 3 aromatic rings. The second-order valence-electron chi connectivity index (χ2n) is 9.73. The average molecular weight is 591 g/mol. The van der Waals surface area contributed by atoms with E-state index in [4.69, 9.17) is 23.2 Å². The predicted molar refractivity (Wildman–Crippen MR) is 156 cm³/mol. The second kappa shape index (κ2) is 13.3. The van der Waals surface area contributed by atoms with E-state index >= 15 is 0 Å². The van der Waals surface area contributed by atoms with Crippen molar-refractivity contribution in [2.24, 2.45) is 5.92 Å². The Morgan fingerprint density at radius 3 is 2.15 bits per heavy atom. The van der Waals surface area contributed by atoms with E-state index in [9.17, 15) is 18.0 Å². The van der Waals surface area contributed by atoms with Crippen molar-refractivity contribution in [1.29, 1.82) is 0 Å². The summed E-state index contributed by atoms with van der Waals surface area (Å²) in [6.07, 6.45) is 0. The summed E-state index contributed by atoms with van der Waals surface area (Å²) < 4.78 is 28.6. The molecule has 2 amide bonds. The largest absolute Gasteiger partial charge is 0.354 e. The maximum atomic E-state index is 13.9. The van der Waals surface area contributed by atoms with Crippen LogP contribution in [0.5, 0.6) is 0 Å². The van der Waals surface area contributed by atoms with E-state index in [0.29, 0.717) is 27.8 Å². The fraction of sp³-hybridized carbons (Fsp3) is 0.310. The molecule has 1 atom stereocenters. The molecule has 0 aliphatic heterocycles. The molecule has 0 radical (unpaired) electrons. The number of rotatable bonds is 11. The van der Waals surface area contributed by atoms with Gasteiger partial charge >= 0.3 is 0 Å². The van der Waals surface area contributed by atoms with Gasteiger partial charge in [0.1, 0.15) is 12.6 Å². The minimum absolute atomic E-state index is 0.0156. The fourth-order valence-electron chi connectivity index (χ4n) is 3.83. The molecule has 0 saturated carbocycles. The number of anilines is 1. The molecule has 0 aliphatic carbocycles. The fourth-order valence-corrected chi connectivity index (χ4v) is 5.71. The summed E-state index contributed by atoms with van der Waals surface area (Å²) in [6, 6.07) is 18.8. The van der Waals surface area contributed by atoms with Crippen LogP contribution in [0.4, 0.5) is 5.69 Å². The Bertz CT molecular complexity index is 1400. The molecule has 10 heteroatoms. The monoisotopic (exact) mass is 589 g/mol. The van der Waals surface area contributed by atoms with Gasteiger partial charge in [-0.2, -0.15) is 0 Å². The lowest BCUT2D eigenvalue weighted by atomic mass is 10.1. The number of hydrogen-bond donors (Lipinski definition) is 1. The normalized spacial score (nSPS) is 12.2. The Morgan fingerprint density at radius 2 is 1.56 bits per heavy atom. The molecular weight excluding hydrogens is 557 g/mol. The maximum Gasteiger partial charge on any atom is 0.264 e. The van der Waals surface area contributed by atoms with Crippen LogP contribution in [-0.2, 0) is 26.2 Å². The Hall–Kier alpha value is -3.07. The van der Waals surface area contributed by atoms with Crippen LogP contribution < -0.4 is 9.62 Å². The molecule has 0 fully saturated rings. The zero-order valence-electron chi connectivity index (χ0n) is 22.4. The molecule has 0 saturated heterocycles. The highest BCUT2D eigenvalue weighted by Gasteiger charge is 2.32. The first-order valence-electron chi connectivity index (χ1n) is 12.6. The highest BCUT2D eigenvalue weighted by Crippen LogP contribution is 2.26. The van der Waals surface area contributed by atoms with E-state index in [0.717, 1.165) is 9.87 Å². The summed E-state index contributed by atoms with van der Waals surface area (Å²) in [7, 11) is -4.11. The zero-order valence-corrected chi connectivity index (χ0v) is 24.7. The number of hydrogen-bond acceptors (Lipinski definition) is 4. The number of carbonyl (C=O) groups is 2. The topological polar surface area (TPSA) is 86.8 Å². The number of halogens is 2. The molecule has 0 bridgehead atoms. The van der Waals surface area contributed by atoms with Crippen LogP contribution in [0.25, 0.3) is 0 Å². The average Bonchev–Trinajstić information content (AvgIpc) is 2.90. The van der Waals surface area contributed by atoms with Gasteiger partial charge in [0, 0.05) is 23.1 Å². The van der Waals surface area contributed by atoms with Crippen molar-refractivity contribution in [3.63, 3.8) is 0 Å². The summed E-state index contributed by atoms with van der Waals surface area (Å²) in [4.78, 5) is 28.3. The molecule has 3 rings (SSSR count). The molecule has 3 aromatic carbocycles. The lowest BCUT2D eigenvalue weighted by molar-refractivity contribution is -0.139. The highest BCUT2D eigenvalue weighted by molar-refractivity contribution is 7.92. The summed E-state index contributed by atoms with van der Waals surface area (Å²) >= 11 is 12.5. The molecule has 1 N–H and O–H groups in total. The van der Waals surface area contributed by atoms with Gasteiger partial charge in [0.15, 0.2) is 0 Å². The van der Waals surface area contributed by atoms with Gasteiger partial charge in [-0.15, -0.1) is 0 Å². The first-order chi connectivity index (χ1) is 18.4. The van der Waals surface area contributed by atoms with Crippen LogP contribution in [0.1, 0.15) is 31.9 Å². The van der Waals surface area contributed by atoms with Crippen LogP contribution >= 0.6 is 23.2 Å². The van der Waals surface area contributed by atoms with Gasteiger partial charge < -0.3 is 10.2 Å². The number of carbonyl (C=O) groups excluding carboxylic acids is 2. The van der Waals surface area contributed by atoms with Crippen molar-refractivity contribution in [1.82, 2.24) is 10.2 Å². The van der Waals surface area contributed by atoms with Gasteiger partial charge in [-0.25, -0.2) is 8.42 Å². The predicted octanol–water partition coefficient (Wildman–Crippen LogP) is 5.69. The zero-order chi connectivity index (χ0) is 28.7. The molecule has 0 spiro atoms. The quantitative estimate of drug-likeness (QED) is 0.311. The molecule has 39 heavy (non-hydrogen) atoms. The lowest BCUT2D eigenvalue weighted by Crippen LogP contribution is -2.51. The van der Waals surface area contributed by atoms with Gasteiger partial charge in [-0.3, -0.25) is 13.9 Å². The Balaban J connectivity index is 2.01. The number of nitrogens with one attached hydrogen (secondary N) is 1. The van der Waals surface area contributed by atoms with E-state index in [1.165, 1.54) is 17.0 Å². The second-order valence-corrected chi connectivity index (χ2v) is 12.4. The molecular formula is C29H33Cl2N3O4S. The highest BCUT2D eigenvalue weighted by atomic mass is 35.5. The van der Waals surface area contributed by atoms with Crippen molar-refractivity contribution >= 4 is 50.7 Å². The van der Waals surface area contributed by atoms with Crippen molar-refractivity contribution < 1.29 is 18.0 Å². The van der Waals surface area contributed by atoms with E-state index in [1.54, 1.807) is 67.6 Å². The Kier molecular flexibility index (Phi) is 10.4. The number of para-hydroxylation sites is 1. The van der Waals surface area contributed by atoms with Gasteiger partial charge in [-0.1, -0.05) is 79.0 Å². The summed E-state index contributed by atoms with van der Waals surface area (Å²) in [5.74, 6) is -0.702. The SMILES string of the molecule is Cc1ccc(S(=O)(=O)N(CC(=O)N(Cc2ccc(Cl)cc2Cl)[C@@H](C)C(=O)NCC(C)C)c2ccccc2)cc1. The van der Waals surface area contributed by atoms with E-state index in [2.05, 4.69) is 5.32 Å². The maximum absolute atomic E-state index is 13.9. The van der Waals surface area contributed by atoms with E-state index in [1.807, 2.05) is 20.8 Å². The third kappa shape index (κ3) is 7.97. The summed E-state index contributed by atoms with van der Waals surface area (Å²) in [5.41, 5.74) is 1.81. The van der Waals surface area contributed by atoms with Gasteiger partial charge in [0.05, 0.1) is 10.6 Å². The van der Waals surface area contributed by atoms with Crippen LogP contribution in [0.3, 0.4) is 0 Å². The lowest BCUT2D eigenvalue weighted by Gasteiger charge is -2.32. The Labute approximate surface area is 240 Å². The molecule has 7 nitrogen and oxygen atoms in total. The first kappa shape index (κ1) is 30.5. The summed E-state index contributed by atoms with van der Waals surface area (Å²) in [6.45, 7) is 7.31. The molecule has 0 unspecified atom stereocenters. The third-order valence-corrected chi connectivity index (χ3v) is 8.51. The molecule has 0 aliphatic rings. The van der Waals surface area contributed by atoms with Crippen LogP contribution in [0, 0.1) is 12.8 Å². The van der Waals surface area contributed by atoms with Gasteiger partial charge in [0.2, 0.25) is 11.8 Å². The van der Waals surface area contributed by atoms with Crippen molar-refractivity contribution in [2.45, 2.75) is 45.2 Å². The van der Waals surface area contributed by atoms with E-state index < -0.39 is 28.5 Å². The van der Waals surface area contributed by atoms with Crippen LogP contribution in [0.2, 0.25) is 10.0 Å². The van der Waals surface area contributed by atoms with Crippen molar-refractivity contribution in [3.8, 4) is 0 Å². The number of aryl methyl sites for hydroxylation is 1.